The van der Waals surface area contributed by atoms with E-state index in [0.29, 0.717) is 0 Å². The lowest BCUT2D eigenvalue weighted by molar-refractivity contribution is -0.202. The van der Waals surface area contributed by atoms with E-state index in [-0.39, 0.29) is 0 Å². The third-order valence-electron chi connectivity index (χ3n) is 3.01. The summed E-state index contributed by atoms with van der Waals surface area (Å²) in [6.45, 7) is 5.39. The molecular formula is C10H19F3N2O2. The zero-order valence-electron chi connectivity index (χ0n) is 10.4. The predicted molar refractivity (Wildman–Crippen MR) is 57.1 cm³/mol. The van der Waals surface area contributed by atoms with Crippen molar-refractivity contribution in [2.24, 2.45) is 11.1 Å². The minimum absolute atomic E-state index is 0.631. The van der Waals surface area contributed by atoms with Crippen molar-refractivity contribution in [2.75, 3.05) is 6.54 Å². The highest BCUT2D eigenvalue weighted by molar-refractivity contribution is 5.83. The van der Waals surface area contributed by atoms with Gasteiger partial charge in [-0.2, -0.15) is 13.2 Å². The zero-order chi connectivity index (χ0) is 14.1. The maximum absolute atomic E-state index is 12.0. The molecule has 0 saturated carbocycles. The minimum Gasteiger partial charge on any atom is -0.382 e. The van der Waals surface area contributed by atoms with Gasteiger partial charge in [0.2, 0.25) is 5.91 Å². The molecule has 4 N–H and O–H groups in total. The van der Waals surface area contributed by atoms with Gasteiger partial charge in [-0.05, 0) is 27.7 Å². The first kappa shape index (κ1) is 16.2. The van der Waals surface area contributed by atoms with Crippen molar-refractivity contribution in [3.63, 3.8) is 0 Å². The lowest BCUT2D eigenvalue weighted by atomic mass is 9.74. The van der Waals surface area contributed by atoms with Crippen LogP contribution in [0.3, 0.4) is 0 Å². The summed E-state index contributed by atoms with van der Waals surface area (Å²) >= 11 is 0. The summed E-state index contributed by atoms with van der Waals surface area (Å²) in [4.78, 5) is 11.7. The summed E-state index contributed by atoms with van der Waals surface area (Å²) in [5, 5.41) is 10.8. The van der Waals surface area contributed by atoms with Gasteiger partial charge in [-0.15, -0.1) is 0 Å². The molecular weight excluding hydrogens is 237 g/mol. The number of carbonyl (C=O) groups is 1. The Morgan fingerprint density at radius 3 is 2.00 bits per heavy atom. The molecule has 0 aromatic heterocycles. The topological polar surface area (TPSA) is 75.4 Å². The normalized spacial score (nSPS) is 15.6. The third-order valence-corrected chi connectivity index (χ3v) is 3.01. The predicted octanol–water partition coefficient (Wildman–Crippen LogP) is 0.789. The molecule has 0 aromatic carbocycles. The van der Waals surface area contributed by atoms with Gasteiger partial charge in [0.1, 0.15) is 0 Å². The third kappa shape index (κ3) is 4.16. The van der Waals surface area contributed by atoms with Gasteiger partial charge in [-0.1, -0.05) is 0 Å². The number of nitrogens with two attached hydrogens (primary N) is 1. The zero-order valence-corrected chi connectivity index (χ0v) is 10.4. The molecule has 17 heavy (non-hydrogen) atoms. The lowest BCUT2D eigenvalue weighted by Gasteiger charge is -2.37. The maximum Gasteiger partial charge on any atom is 0.416 e. The van der Waals surface area contributed by atoms with Crippen molar-refractivity contribution >= 4 is 5.91 Å². The average molecular weight is 256 g/mol. The Hall–Kier alpha value is -0.820. The van der Waals surface area contributed by atoms with Crippen LogP contribution in [-0.4, -0.2) is 35.4 Å². The molecule has 0 heterocycles. The molecule has 0 aliphatic carbocycles. The van der Waals surface area contributed by atoms with Gasteiger partial charge in [0, 0.05) is 5.54 Å². The van der Waals surface area contributed by atoms with E-state index in [1.807, 2.05) is 5.32 Å². The average Bonchev–Trinajstić information content (AvgIpc) is 2.09. The van der Waals surface area contributed by atoms with Crippen LogP contribution in [0.5, 0.6) is 0 Å². The van der Waals surface area contributed by atoms with Crippen LogP contribution in [0.25, 0.3) is 0 Å². The molecule has 1 unspecified atom stereocenters. The van der Waals surface area contributed by atoms with E-state index in [4.69, 9.17) is 10.8 Å². The van der Waals surface area contributed by atoms with E-state index >= 15 is 0 Å². The van der Waals surface area contributed by atoms with E-state index < -0.39 is 35.7 Å². The lowest BCUT2D eigenvalue weighted by Crippen LogP contribution is -2.56. The van der Waals surface area contributed by atoms with Crippen LogP contribution in [-0.2, 0) is 4.79 Å². The standard InChI is InChI=1S/C10H19F3N2O2/c1-8(2,9(3,4)14)7(17)15-5-6(16)10(11,12)13/h6,16H,5,14H2,1-4H3,(H,15,17). The fourth-order valence-corrected chi connectivity index (χ4v) is 0.819. The second kappa shape index (κ2) is 4.81. The minimum atomic E-state index is -4.74. The fourth-order valence-electron chi connectivity index (χ4n) is 0.819. The molecule has 0 aromatic rings. The largest absolute Gasteiger partial charge is 0.416 e. The number of hydrogen-bond acceptors (Lipinski definition) is 3. The number of halogens is 3. The van der Waals surface area contributed by atoms with Crippen LogP contribution < -0.4 is 11.1 Å². The molecule has 0 rings (SSSR count). The number of aliphatic hydroxyl groups excluding tert-OH is 1. The van der Waals surface area contributed by atoms with Crippen LogP contribution in [0.1, 0.15) is 27.7 Å². The summed E-state index contributed by atoms with van der Waals surface area (Å²) in [6.07, 6.45) is -7.31. The smallest absolute Gasteiger partial charge is 0.382 e. The number of hydrogen-bond donors (Lipinski definition) is 3. The fraction of sp³-hybridized carbons (Fsp3) is 0.900. The molecule has 0 bridgehead atoms. The highest BCUT2D eigenvalue weighted by atomic mass is 19.4. The number of aliphatic hydroxyl groups is 1. The van der Waals surface area contributed by atoms with Gasteiger partial charge >= 0.3 is 6.18 Å². The van der Waals surface area contributed by atoms with Crippen LogP contribution in [0.2, 0.25) is 0 Å². The number of carbonyl (C=O) groups excluding carboxylic acids is 1. The summed E-state index contributed by atoms with van der Waals surface area (Å²) in [6, 6.07) is 0. The van der Waals surface area contributed by atoms with E-state index in [9.17, 15) is 18.0 Å². The van der Waals surface area contributed by atoms with Gasteiger partial charge in [-0.25, -0.2) is 0 Å². The maximum atomic E-state index is 12.0. The number of rotatable bonds is 4. The van der Waals surface area contributed by atoms with Crippen molar-refractivity contribution < 1.29 is 23.1 Å². The van der Waals surface area contributed by atoms with Crippen LogP contribution in [0.15, 0.2) is 0 Å². The highest BCUT2D eigenvalue weighted by Crippen LogP contribution is 2.28. The van der Waals surface area contributed by atoms with Gasteiger partial charge < -0.3 is 16.2 Å². The first-order valence-corrected chi connectivity index (χ1v) is 5.12. The first-order chi connectivity index (χ1) is 7.30. The van der Waals surface area contributed by atoms with Crippen molar-refractivity contribution in [1.29, 1.82) is 0 Å². The molecule has 0 radical (unpaired) electrons. The van der Waals surface area contributed by atoms with E-state index in [1.165, 1.54) is 13.8 Å². The first-order valence-electron chi connectivity index (χ1n) is 5.12. The van der Waals surface area contributed by atoms with Gasteiger partial charge in [-0.3, -0.25) is 4.79 Å². The molecule has 0 aliphatic heterocycles. The van der Waals surface area contributed by atoms with Crippen molar-refractivity contribution in [2.45, 2.75) is 45.5 Å². The molecule has 102 valence electrons. The van der Waals surface area contributed by atoms with Crippen molar-refractivity contribution in [1.82, 2.24) is 5.32 Å². The Morgan fingerprint density at radius 2 is 1.71 bits per heavy atom. The van der Waals surface area contributed by atoms with Gasteiger partial charge in [0.25, 0.3) is 0 Å². The summed E-state index contributed by atoms with van der Waals surface area (Å²) in [5.74, 6) is -0.631. The Morgan fingerprint density at radius 1 is 1.29 bits per heavy atom. The molecule has 7 heteroatoms. The van der Waals surface area contributed by atoms with E-state index in [2.05, 4.69) is 0 Å². The van der Waals surface area contributed by atoms with Crippen LogP contribution in [0.4, 0.5) is 13.2 Å². The van der Waals surface area contributed by atoms with Gasteiger partial charge in [0.05, 0.1) is 12.0 Å². The number of amides is 1. The Balaban J connectivity index is 4.49. The molecule has 0 fully saturated rings. The van der Waals surface area contributed by atoms with E-state index in [0.717, 1.165) is 0 Å². The van der Waals surface area contributed by atoms with Crippen molar-refractivity contribution in [3.05, 3.63) is 0 Å². The summed E-state index contributed by atoms with van der Waals surface area (Å²) < 4.78 is 36.0. The summed E-state index contributed by atoms with van der Waals surface area (Å²) in [7, 11) is 0. The number of nitrogens with one attached hydrogen (secondary N) is 1. The molecule has 0 aliphatic rings. The Labute approximate surface area is 98.4 Å². The monoisotopic (exact) mass is 256 g/mol. The van der Waals surface area contributed by atoms with Gasteiger partial charge in [0.15, 0.2) is 6.10 Å². The molecule has 0 spiro atoms. The Bertz CT molecular complexity index is 282. The number of alkyl halides is 3. The molecule has 0 saturated heterocycles. The van der Waals surface area contributed by atoms with Crippen LogP contribution in [0, 0.1) is 5.41 Å². The SMILES string of the molecule is CC(C)(N)C(C)(C)C(=O)NCC(O)C(F)(F)F. The molecule has 4 nitrogen and oxygen atoms in total. The second-order valence-corrected chi connectivity index (χ2v) is 5.11. The van der Waals surface area contributed by atoms with Crippen molar-refractivity contribution in [3.8, 4) is 0 Å². The molecule has 1 amide bonds. The Kier molecular flexibility index (Phi) is 4.58. The quantitative estimate of drug-likeness (QED) is 0.696. The second-order valence-electron chi connectivity index (χ2n) is 5.11. The summed E-state index contributed by atoms with van der Waals surface area (Å²) in [5.41, 5.74) is 3.83. The molecule has 1 atom stereocenters. The van der Waals surface area contributed by atoms with E-state index in [1.54, 1.807) is 13.8 Å². The van der Waals surface area contributed by atoms with Crippen LogP contribution >= 0.6 is 0 Å². The highest BCUT2D eigenvalue weighted by Gasteiger charge is 2.42.